The topological polar surface area (TPSA) is 46.9 Å². The molecule has 0 bridgehead atoms. The summed E-state index contributed by atoms with van der Waals surface area (Å²) in [5.41, 5.74) is 0.958. The maximum atomic E-state index is 12.2. The zero-order valence-electron chi connectivity index (χ0n) is 10.9. The molecule has 3 heterocycles. The number of rotatable bonds is 3. The van der Waals surface area contributed by atoms with Crippen LogP contribution in [0.1, 0.15) is 20.2 Å². The third-order valence-corrected chi connectivity index (χ3v) is 5.80. The molecular formula is C13H12BrN3OS2. The molecule has 7 heteroatoms. The number of carbonyl (C=O) groups is 1. The van der Waals surface area contributed by atoms with Gasteiger partial charge in [-0.05, 0) is 41.1 Å². The van der Waals surface area contributed by atoms with Gasteiger partial charge in [0.1, 0.15) is 4.83 Å². The number of aryl methyl sites for hydroxylation is 2. The van der Waals surface area contributed by atoms with Gasteiger partial charge in [0.05, 0.1) is 20.9 Å². The van der Waals surface area contributed by atoms with Crippen LogP contribution in [0.2, 0.25) is 0 Å². The minimum Gasteiger partial charge on any atom is -0.346 e. The van der Waals surface area contributed by atoms with Crippen LogP contribution in [0.15, 0.2) is 22.0 Å². The highest BCUT2D eigenvalue weighted by molar-refractivity contribution is 9.11. The van der Waals surface area contributed by atoms with Gasteiger partial charge in [-0.25, -0.2) is 0 Å². The highest BCUT2D eigenvalue weighted by atomic mass is 79.9. The number of hydrogen-bond donors (Lipinski definition) is 1. The molecule has 0 radical (unpaired) electrons. The summed E-state index contributed by atoms with van der Waals surface area (Å²) in [4.78, 5) is 15.1. The molecule has 0 spiro atoms. The lowest BCUT2D eigenvalue weighted by Gasteiger charge is -2.00. The van der Waals surface area contributed by atoms with Crippen LogP contribution >= 0.6 is 38.6 Å². The predicted molar refractivity (Wildman–Crippen MR) is 86.5 cm³/mol. The van der Waals surface area contributed by atoms with Gasteiger partial charge >= 0.3 is 0 Å². The van der Waals surface area contributed by atoms with Crippen molar-refractivity contribution in [2.24, 2.45) is 7.05 Å². The average molecular weight is 370 g/mol. The van der Waals surface area contributed by atoms with Crippen molar-refractivity contribution >= 4 is 54.7 Å². The SMILES string of the molecule is Cc1nn(C)c2sc(C(=O)NCc3ccc(Br)s3)cc12. The second kappa shape index (κ2) is 5.31. The molecule has 1 N–H and O–H groups in total. The summed E-state index contributed by atoms with van der Waals surface area (Å²) in [6.45, 7) is 2.51. The average Bonchev–Trinajstić information content (AvgIpc) is 3.06. The summed E-state index contributed by atoms with van der Waals surface area (Å²) in [6.07, 6.45) is 0. The first-order valence-corrected chi connectivity index (χ1v) is 8.43. The van der Waals surface area contributed by atoms with Gasteiger partial charge in [-0.1, -0.05) is 0 Å². The molecule has 3 aromatic heterocycles. The largest absolute Gasteiger partial charge is 0.346 e. The monoisotopic (exact) mass is 369 g/mol. The van der Waals surface area contributed by atoms with E-state index in [1.165, 1.54) is 11.3 Å². The molecule has 0 aliphatic rings. The van der Waals surface area contributed by atoms with Gasteiger partial charge in [-0.3, -0.25) is 9.48 Å². The summed E-state index contributed by atoms with van der Waals surface area (Å²) in [5, 5.41) is 8.35. The molecule has 3 aromatic rings. The van der Waals surface area contributed by atoms with E-state index < -0.39 is 0 Å². The van der Waals surface area contributed by atoms with Crippen LogP contribution in [-0.4, -0.2) is 15.7 Å². The lowest BCUT2D eigenvalue weighted by molar-refractivity contribution is 0.0955. The Balaban J connectivity index is 1.77. The maximum absolute atomic E-state index is 12.2. The van der Waals surface area contributed by atoms with E-state index in [9.17, 15) is 4.79 Å². The van der Waals surface area contributed by atoms with Gasteiger partial charge in [0.15, 0.2) is 0 Å². The summed E-state index contributed by atoms with van der Waals surface area (Å²) < 4.78 is 2.90. The van der Waals surface area contributed by atoms with Crippen molar-refractivity contribution in [1.82, 2.24) is 15.1 Å². The molecule has 20 heavy (non-hydrogen) atoms. The minimum absolute atomic E-state index is 0.0323. The molecule has 0 aliphatic heterocycles. The number of halogens is 1. The Kier molecular flexibility index (Phi) is 3.66. The van der Waals surface area contributed by atoms with Crippen LogP contribution in [0.3, 0.4) is 0 Å². The number of aromatic nitrogens is 2. The number of fused-ring (bicyclic) bond motifs is 1. The lowest BCUT2D eigenvalue weighted by atomic mass is 10.3. The van der Waals surface area contributed by atoms with Crippen LogP contribution < -0.4 is 5.32 Å². The molecule has 104 valence electrons. The Morgan fingerprint density at radius 1 is 1.45 bits per heavy atom. The van der Waals surface area contributed by atoms with Crippen LogP contribution in [0.4, 0.5) is 0 Å². The van der Waals surface area contributed by atoms with Crippen molar-refractivity contribution in [2.75, 3.05) is 0 Å². The third-order valence-electron chi connectivity index (χ3n) is 2.97. The smallest absolute Gasteiger partial charge is 0.261 e. The number of nitrogens with zero attached hydrogens (tertiary/aromatic N) is 2. The van der Waals surface area contributed by atoms with Gasteiger partial charge in [-0.2, -0.15) is 5.10 Å². The van der Waals surface area contributed by atoms with Crippen LogP contribution in [0.25, 0.3) is 10.2 Å². The van der Waals surface area contributed by atoms with E-state index in [1.807, 2.05) is 36.9 Å². The first-order chi connectivity index (χ1) is 9.54. The van der Waals surface area contributed by atoms with E-state index in [1.54, 1.807) is 11.3 Å². The fourth-order valence-electron chi connectivity index (χ4n) is 2.02. The standard InChI is InChI=1S/C13H12BrN3OS2/c1-7-9-5-10(20-13(9)17(2)16-7)12(18)15-6-8-3-4-11(14)19-8/h3-5H,6H2,1-2H3,(H,15,18). The summed E-state index contributed by atoms with van der Waals surface area (Å²) >= 11 is 6.52. The zero-order chi connectivity index (χ0) is 14.3. The van der Waals surface area contributed by atoms with E-state index >= 15 is 0 Å². The maximum Gasteiger partial charge on any atom is 0.261 e. The van der Waals surface area contributed by atoms with Gasteiger partial charge < -0.3 is 5.32 Å². The molecule has 3 rings (SSSR count). The number of thiophene rings is 2. The summed E-state index contributed by atoms with van der Waals surface area (Å²) in [5.74, 6) is -0.0323. The number of carbonyl (C=O) groups excluding carboxylic acids is 1. The molecular weight excluding hydrogens is 358 g/mol. The van der Waals surface area contributed by atoms with Crippen LogP contribution in [0, 0.1) is 6.92 Å². The molecule has 0 saturated heterocycles. The minimum atomic E-state index is -0.0323. The predicted octanol–water partition coefficient (Wildman–Crippen LogP) is 3.70. The van der Waals surface area contributed by atoms with Crippen LogP contribution in [0.5, 0.6) is 0 Å². The summed E-state index contributed by atoms with van der Waals surface area (Å²) in [6, 6.07) is 5.91. The number of nitrogens with one attached hydrogen (secondary N) is 1. The van der Waals surface area contributed by atoms with Gasteiger partial charge in [-0.15, -0.1) is 22.7 Å². The molecule has 0 aromatic carbocycles. The normalized spacial score (nSPS) is 11.2. The van der Waals surface area contributed by atoms with E-state index in [0.29, 0.717) is 6.54 Å². The Labute approximate surface area is 132 Å². The number of hydrogen-bond acceptors (Lipinski definition) is 4. The quantitative estimate of drug-likeness (QED) is 0.764. The van der Waals surface area contributed by atoms with Crippen molar-refractivity contribution in [3.8, 4) is 0 Å². The third kappa shape index (κ3) is 2.53. The fourth-order valence-corrected chi connectivity index (χ4v) is 4.48. The zero-order valence-corrected chi connectivity index (χ0v) is 14.2. The fraction of sp³-hybridized carbons (Fsp3) is 0.231. The Morgan fingerprint density at radius 2 is 2.25 bits per heavy atom. The van der Waals surface area contributed by atoms with Gasteiger partial charge in [0.2, 0.25) is 0 Å². The first-order valence-electron chi connectivity index (χ1n) is 6.00. The first kappa shape index (κ1) is 13.8. The van der Waals surface area contributed by atoms with E-state index in [0.717, 1.165) is 29.5 Å². The molecule has 0 aliphatic carbocycles. The molecule has 0 unspecified atom stereocenters. The Bertz CT molecular complexity index is 752. The van der Waals surface area contributed by atoms with Gasteiger partial charge in [0, 0.05) is 17.3 Å². The summed E-state index contributed by atoms with van der Waals surface area (Å²) in [7, 11) is 1.90. The van der Waals surface area contributed by atoms with Crippen molar-refractivity contribution in [3.63, 3.8) is 0 Å². The van der Waals surface area contributed by atoms with E-state index in [-0.39, 0.29) is 5.91 Å². The van der Waals surface area contributed by atoms with Crippen molar-refractivity contribution in [1.29, 1.82) is 0 Å². The van der Waals surface area contributed by atoms with E-state index in [4.69, 9.17) is 0 Å². The molecule has 4 nitrogen and oxygen atoms in total. The molecule has 0 fully saturated rings. The second-order valence-electron chi connectivity index (χ2n) is 4.43. The molecule has 1 amide bonds. The van der Waals surface area contributed by atoms with Crippen LogP contribution in [-0.2, 0) is 13.6 Å². The number of amides is 1. The van der Waals surface area contributed by atoms with Gasteiger partial charge in [0.25, 0.3) is 5.91 Å². The second-order valence-corrected chi connectivity index (χ2v) is 8.01. The molecule has 0 saturated carbocycles. The highest BCUT2D eigenvalue weighted by Crippen LogP contribution is 2.27. The lowest BCUT2D eigenvalue weighted by Crippen LogP contribution is -2.21. The van der Waals surface area contributed by atoms with E-state index in [2.05, 4.69) is 26.3 Å². The highest BCUT2D eigenvalue weighted by Gasteiger charge is 2.14. The van der Waals surface area contributed by atoms with Crippen molar-refractivity contribution < 1.29 is 4.79 Å². The van der Waals surface area contributed by atoms with Crippen molar-refractivity contribution in [2.45, 2.75) is 13.5 Å². The Hall–Kier alpha value is -1.18. The Morgan fingerprint density at radius 3 is 2.90 bits per heavy atom. The molecule has 0 atom stereocenters. The van der Waals surface area contributed by atoms with Crippen molar-refractivity contribution in [3.05, 3.63) is 37.4 Å².